The molecule has 0 aromatic carbocycles. The number of unbranched alkanes of at least 4 members (excludes halogenated alkanes) is 2. The van der Waals surface area contributed by atoms with Crippen molar-refractivity contribution in [1.82, 2.24) is 0 Å². The number of hydrogen-bond donors (Lipinski definition) is 0. The van der Waals surface area contributed by atoms with Crippen molar-refractivity contribution in [3.63, 3.8) is 0 Å². The van der Waals surface area contributed by atoms with Crippen molar-refractivity contribution in [2.45, 2.75) is 81.1 Å². The van der Waals surface area contributed by atoms with Gasteiger partial charge in [0.1, 0.15) is 0 Å². The molecular formula is C16H33. The molecule has 0 aliphatic carbocycles. The molecule has 0 aromatic heterocycles. The van der Waals surface area contributed by atoms with Gasteiger partial charge in [-0.05, 0) is 35.5 Å². The van der Waals surface area contributed by atoms with Crippen LogP contribution in [0, 0.1) is 22.7 Å². The zero-order chi connectivity index (χ0) is 13.0. The van der Waals surface area contributed by atoms with Gasteiger partial charge in [-0.1, -0.05) is 68.2 Å². The zero-order valence-corrected chi connectivity index (χ0v) is 12.9. The molecule has 0 heterocycles. The van der Waals surface area contributed by atoms with Crippen LogP contribution in [0.3, 0.4) is 0 Å². The Kier molecular flexibility index (Phi) is 5.56. The van der Waals surface area contributed by atoms with E-state index < -0.39 is 0 Å². The van der Waals surface area contributed by atoms with Crippen LogP contribution in [0.1, 0.15) is 81.1 Å². The molecule has 0 fully saturated rings. The first-order chi connectivity index (χ1) is 7.12. The number of rotatable bonds is 5. The third kappa shape index (κ3) is 3.25. The predicted octanol–water partition coefficient (Wildman–Crippen LogP) is 5.87. The van der Waals surface area contributed by atoms with Gasteiger partial charge in [0.15, 0.2) is 0 Å². The summed E-state index contributed by atoms with van der Waals surface area (Å²) in [5.41, 5.74) is 1.21. The lowest BCUT2D eigenvalue weighted by Crippen LogP contribution is -2.45. The average Bonchev–Trinajstić information content (AvgIpc) is 2.08. The van der Waals surface area contributed by atoms with E-state index in [4.69, 9.17) is 0 Å². The van der Waals surface area contributed by atoms with Crippen molar-refractivity contribution in [2.24, 2.45) is 16.2 Å². The van der Waals surface area contributed by atoms with Gasteiger partial charge in [0.2, 0.25) is 0 Å². The molecule has 0 heteroatoms. The first-order valence-corrected chi connectivity index (χ1v) is 6.90. The highest BCUT2D eigenvalue weighted by molar-refractivity contribution is 4.97. The van der Waals surface area contributed by atoms with E-state index in [-0.39, 0.29) is 0 Å². The average molecular weight is 225 g/mol. The van der Waals surface area contributed by atoms with Crippen molar-refractivity contribution in [3.8, 4) is 0 Å². The highest BCUT2D eigenvalue weighted by atomic mass is 14.5. The summed E-state index contributed by atoms with van der Waals surface area (Å²) in [6.45, 7) is 19.0. The minimum absolute atomic E-state index is 0.383. The summed E-state index contributed by atoms with van der Waals surface area (Å²) in [6, 6.07) is 0. The Bertz CT molecular complexity index is 173. The first-order valence-electron chi connectivity index (χ1n) is 6.90. The van der Waals surface area contributed by atoms with Crippen LogP contribution in [0.2, 0.25) is 0 Å². The second kappa shape index (κ2) is 5.56. The number of hydrogen-bond acceptors (Lipinski definition) is 0. The van der Waals surface area contributed by atoms with Crippen LogP contribution in [-0.4, -0.2) is 0 Å². The van der Waals surface area contributed by atoms with Gasteiger partial charge < -0.3 is 0 Å². The lowest BCUT2D eigenvalue weighted by atomic mass is 9.51. The van der Waals surface area contributed by atoms with E-state index >= 15 is 0 Å². The lowest BCUT2D eigenvalue weighted by molar-refractivity contribution is -0.0454. The molecule has 0 spiro atoms. The van der Waals surface area contributed by atoms with Gasteiger partial charge in [-0.25, -0.2) is 0 Å². The third-order valence-corrected chi connectivity index (χ3v) is 4.57. The molecule has 0 bridgehead atoms. The lowest BCUT2D eigenvalue weighted by Gasteiger charge is -2.54. The minimum atomic E-state index is 0.383. The van der Waals surface area contributed by atoms with Gasteiger partial charge in [0.05, 0.1) is 0 Å². The van der Waals surface area contributed by atoms with Gasteiger partial charge in [-0.15, -0.1) is 0 Å². The Morgan fingerprint density at radius 3 is 1.56 bits per heavy atom. The topological polar surface area (TPSA) is 0 Å². The van der Waals surface area contributed by atoms with Crippen molar-refractivity contribution < 1.29 is 0 Å². The molecule has 0 atom stereocenters. The third-order valence-electron chi connectivity index (χ3n) is 4.57. The maximum absolute atomic E-state index is 2.41. The maximum atomic E-state index is 2.41. The van der Waals surface area contributed by atoms with Crippen LogP contribution < -0.4 is 0 Å². The van der Waals surface area contributed by atoms with Crippen molar-refractivity contribution >= 4 is 0 Å². The quantitative estimate of drug-likeness (QED) is 0.513. The minimum Gasteiger partial charge on any atom is -0.0648 e. The molecule has 0 unspecified atom stereocenters. The van der Waals surface area contributed by atoms with Crippen molar-refractivity contribution in [2.75, 3.05) is 0 Å². The largest absolute Gasteiger partial charge is 0.0648 e. The van der Waals surface area contributed by atoms with Crippen LogP contribution in [0.5, 0.6) is 0 Å². The van der Waals surface area contributed by atoms with E-state index in [1.165, 1.54) is 25.7 Å². The fourth-order valence-corrected chi connectivity index (χ4v) is 3.72. The fourth-order valence-electron chi connectivity index (χ4n) is 3.72. The van der Waals surface area contributed by atoms with E-state index in [1.54, 1.807) is 0 Å². The Labute approximate surface area is 104 Å². The van der Waals surface area contributed by atoms with Gasteiger partial charge in [-0.2, -0.15) is 0 Å². The van der Waals surface area contributed by atoms with Crippen LogP contribution >= 0.6 is 0 Å². The Morgan fingerprint density at radius 2 is 1.31 bits per heavy atom. The molecule has 0 nitrogen and oxygen atoms in total. The summed E-state index contributed by atoms with van der Waals surface area (Å²) < 4.78 is 0. The normalized spacial score (nSPS) is 14.2. The Morgan fingerprint density at radius 1 is 0.875 bits per heavy atom. The molecular weight excluding hydrogens is 192 g/mol. The molecule has 0 aromatic rings. The van der Waals surface area contributed by atoms with E-state index in [0.717, 1.165) is 0 Å². The summed E-state index contributed by atoms with van der Waals surface area (Å²) >= 11 is 0. The SMILES string of the molecule is C[CH]CCCC(CC)(C(C)(C)C)C(C)(C)C. The van der Waals surface area contributed by atoms with Gasteiger partial charge in [0, 0.05) is 0 Å². The smallest absolute Gasteiger partial charge is 0.0203 e. The molecule has 0 aliphatic heterocycles. The Hall–Kier alpha value is 0. The van der Waals surface area contributed by atoms with Crippen LogP contribution in [0.15, 0.2) is 0 Å². The van der Waals surface area contributed by atoms with E-state index in [9.17, 15) is 0 Å². The first kappa shape index (κ1) is 16.0. The van der Waals surface area contributed by atoms with Gasteiger partial charge in [0.25, 0.3) is 0 Å². The van der Waals surface area contributed by atoms with Gasteiger partial charge >= 0.3 is 0 Å². The molecule has 1 radical (unpaired) electrons. The molecule has 0 saturated carbocycles. The van der Waals surface area contributed by atoms with E-state index in [2.05, 4.69) is 61.8 Å². The zero-order valence-electron chi connectivity index (χ0n) is 12.9. The van der Waals surface area contributed by atoms with Gasteiger partial charge in [-0.3, -0.25) is 0 Å². The molecule has 0 N–H and O–H groups in total. The second-order valence-electron chi connectivity index (χ2n) is 7.24. The monoisotopic (exact) mass is 225 g/mol. The molecule has 0 aliphatic rings. The standard InChI is InChI=1S/C16H33/c1-9-11-12-13-16(10-2,14(3,4)5)15(6,7)8/h9H,10-13H2,1-8H3. The van der Waals surface area contributed by atoms with Crippen molar-refractivity contribution in [3.05, 3.63) is 6.42 Å². The summed E-state index contributed by atoms with van der Waals surface area (Å²) in [7, 11) is 0. The van der Waals surface area contributed by atoms with Crippen LogP contribution in [0.4, 0.5) is 0 Å². The molecule has 0 saturated heterocycles. The predicted molar refractivity (Wildman–Crippen MR) is 75.5 cm³/mol. The molecule has 16 heavy (non-hydrogen) atoms. The summed E-state index contributed by atoms with van der Waals surface area (Å²) in [6.07, 6.45) is 7.52. The second-order valence-corrected chi connectivity index (χ2v) is 7.24. The highest BCUT2D eigenvalue weighted by Crippen LogP contribution is 2.56. The van der Waals surface area contributed by atoms with E-state index in [1.807, 2.05) is 0 Å². The van der Waals surface area contributed by atoms with Crippen LogP contribution in [-0.2, 0) is 0 Å². The fraction of sp³-hybridized carbons (Fsp3) is 0.938. The molecule has 0 amide bonds. The molecule has 0 rings (SSSR count). The molecule has 97 valence electrons. The van der Waals surface area contributed by atoms with Crippen molar-refractivity contribution in [1.29, 1.82) is 0 Å². The summed E-state index contributed by atoms with van der Waals surface area (Å²) in [4.78, 5) is 0. The highest BCUT2D eigenvalue weighted by Gasteiger charge is 2.48. The van der Waals surface area contributed by atoms with Crippen LogP contribution in [0.25, 0.3) is 0 Å². The summed E-state index contributed by atoms with van der Waals surface area (Å²) in [5.74, 6) is 0. The maximum Gasteiger partial charge on any atom is -0.0203 e. The Balaban J connectivity index is 5.00. The summed E-state index contributed by atoms with van der Waals surface area (Å²) in [5, 5.41) is 0. The van der Waals surface area contributed by atoms with E-state index in [0.29, 0.717) is 16.2 Å².